The maximum atomic E-state index is 12.6. The van der Waals surface area contributed by atoms with Gasteiger partial charge in [0.25, 0.3) is 0 Å². The number of nitrogens with one attached hydrogen (secondary N) is 3. The number of urea groups is 1. The largest absolute Gasteiger partial charge is 0.354 e. The second-order valence-electron chi connectivity index (χ2n) is 7.33. The summed E-state index contributed by atoms with van der Waals surface area (Å²) in [6, 6.07) is 14.1. The van der Waals surface area contributed by atoms with Crippen molar-refractivity contribution in [3.05, 3.63) is 60.4 Å². The van der Waals surface area contributed by atoms with Gasteiger partial charge in [0.2, 0.25) is 5.91 Å². The van der Waals surface area contributed by atoms with Gasteiger partial charge in [-0.05, 0) is 29.2 Å². The molecule has 7 heteroatoms. The summed E-state index contributed by atoms with van der Waals surface area (Å²) in [7, 11) is 0. The van der Waals surface area contributed by atoms with E-state index in [0.717, 1.165) is 29.2 Å². The number of nitrogens with zero attached hydrogens (tertiary/aromatic N) is 2. The Morgan fingerprint density at radius 3 is 2.90 bits per heavy atom. The zero-order chi connectivity index (χ0) is 20.2. The molecule has 1 aliphatic rings. The summed E-state index contributed by atoms with van der Waals surface area (Å²) in [5.41, 5.74) is 1.74. The number of carbonyl (C=O) groups is 2. The molecule has 29 heavy (non-hydrogen) atoms. The number of hydrogen-bond donors (Lipinski definition) is 3. The van der Waals surface area contributed by atoms with Gasteiger partial charge in [0.05, 0.1) is 24.0 Å². The number of anilines is 1. The Bertz CT molecular complexity index is 1010. The van der Waals surface area contributed by atoms with Crippen LogP contribution in [0.4, 0.5) is 10.5 Å². The predicted octanol–water partition coefficient (Wildman–Crippen LogP) is 3.76. The van der Waals surface area contributed by atoms with Crippen LogP contribution in [-0.4, -0.2) is 28.3 Å². The molecule has 2 aromatic carbocycles. The van der Waals surface area contributed by atoms with E-state index in [4.69, 9.17) is 0 Å². The number of benzene rings is 2. The maximum Gasteiger partial charge on any atom is 0.319 e. The number of amides is 3. The fourth-order valence-electron chi connectivity index (χ4n) is 3.83. The van der Waals surface area contributed by atoms with Crippen molar-refractivity contribution in [3.63, 3.8) is 0 Å². The molecule has 3 amide bonds. The zero-order valence-electron chi connectivity index (χ0n) is 16.4. The quantitative estimate of drug-likeness (QED) is 0.619. The smallest absolute Gasteiger partial charge is 0.319 e. The van der Waals surface area contributed by atoms with Crippen molar-refractivity contribution in [1.82, 2.24) is 20.4 Å². The Morgan fingerprint density at radius 1 is 1.28 bits per heavy atom. The lowest BCUT2D eigenvalue weighted by Gasteiger charge is -2.22. The van der Waals surface area contributed by atoms with Gasteiger partial charge in [0, 0.05) is 19.2 Å². The van der Waals surface area contributed by atoms with Crippen LogP contribution in [0.3, 0.4) is 0 Å². The van der Waals surface area contributed by atoms with Gasteiger partial charge in [0.15, 0.2) is 0 Å². The van der Waals surface area contributed by atoms with Crippen LogP contribution in [0.2, 0.25) is 0 Å². The van der Waals surface area contributed by atoms with Crippen LogP contribution in [0.1, 0.15) is 43.8 Å². The number of hydrogen-bond acceptors (Lipinski definition) is 3. The average molecular weight is 391 g/mol. The van der Waals surface area contributed by atoms with Crippen molar-refractivity contribution in [2.45, 2.75) is 38.3 Å². The van der Waals surface area contributed by atoms with Gasteiger partial charge in [-0.1, -0.05) is 49.4 Å². The van der Waals surface area contributed by atoms with Crippen molar-refractivity contribution in [2.24, 2.45) is 0 Å². The Balaban J connectivity index is 1.43. The maximum absolute atomic E-state index is 12.6. The number of carbonyl (C=O) groups excluding carboxylic acids is 2. The van der Waals surface area contributed by atoms with Crippen molar-refractivity contribution in [1.29, 1.82) is 0 Å². The van der Waals surface area contributed by atoms with E-state index >= 15 is 0 Å². The fraction of sp³-hybridized carbons (Fsp3) is 0.318. The molecule has 1 fully saturated rings. The summed E-state index contributed by atoms with van der Waals surface area (Å²) in [5, 5.41) is 15.4. The number of rotatable bonds is 5. The molecular weight excluding hydrogens is 366 g/mol. The third-order valence-corrected chi connectivity index (χ3v) is 5.39. The van der Waals surface area contributed by atoms with E-state index < -0.39 is 0 Å². The van der Waals surface area contributed by atoms with E-state index in [9.17, 15) is 9.59 Å². The first-order valence-electron chi connectivity index (χ1n) is 10.00. The molecule has 0 aliphatic carbocycles. The second kappa shape index (κ2) is 8.34. The highest BCUT2D eigenvalue weighted by Gasteiger charge is 2.21. The van der Waals surface area contributed by atoms with Crippen LogP contribution in [0.25, 0.3) is 10.8 Å². The van der Waals surface area contributed by atoms with E-state index in [1.165, 1.54) is 0 Å². The van der Waals surface area contributed by atoms with Crippen LogP contribution in [0.5, 0.6) is 0 Å². The van der Waals surface area contributed by atoms with Crippen LogP contribution >= 0.6 is 0 Å². The lowest BCUT2D eigenvalue weighted by molar-refractivity contribution is -0.122. The number of fused-ring (bicyclic) bond motifs is 1. The highest BCUT2D eigenvalue weighted by Crippen LogP contribution is 2.26. The third kappa shape index (κ3) is 4.23. The van der Waals surface area contributed by atoms with Crippen molar-refractivity contribution < 1.29 is 9.59 Å². The minimum atomic E-state index is -0.263. The van der Waals surface area contributed by atoms with E-state index in [1.807, 2.05) is 18.2 Å². The highest BCUT2D eigenvalue weighted by molar-refractivity contribution is 5.90. The molecule has 0 radical (unpaired) electrons. The first-order chi connectivity index (χ1) is 14.1. The molecule has 3 aromatic rings. The molecule has 1 saturated heterocycles. The van der Waals surface area contributed by atoms with Crippen LogP contribution in [0.15, 0.2) is 54.9 Å². The zero-order valence-corrected chi connectivity index (χ0v) is 16.4. The average Bonchev–Trinajstić information content (AvgIpc) is 3.20. The minimum absolute atomic E-state index is 0.0742. The number of piperidine rings is 1. The van der Waals surface area contributed by atoms with Crippen molar-refractivity contribution in [2.75, 3.05) is 11.9 Å². The topological polar surface area (TPSA) is 88.1 Å². The first-order valence-corrected chi connectivity index (χ1v) is 10.00. The van der Waals surface area contributed by atoms with Gasteiger partial charge in [-0.15, -0.1) is 0 Å². The highest BCUT2D eigenvalue weighted by atomic mass is 16.2. The standard InChI is InChI=1S/C22H25N5O2/c1-2-20(19-9-5-7-15-6-3-4-8-18(15)19)26-22(29)25-16-12-24-27(14-16)17-10-11-21(28)23-13-17/h3-9,12,14,17,20H,2,10-11,13H2,1H3,(H,23,28)(H2,25,26,29). The molecule has 0 spiro atoms. The lowest BCUT2D eigenvalue weighted by Crippen LogP contribution is -2.36. The van der Waals surface area contributed by atoms with E-state index in [2.05, 4.69) is 52.2 Å². The Morgan fingerprint density at radius 2 is 2.10 bits per heavy atom. The summed E-state index contributed by atoms with van der Waals surface area (Å²) in [6.45, 7) is 2.62. The minimum Gasteiger partial charge on any atom is -0.354 e. The molecule has 1 aromatic heterocycles. The summed E-state index contributed by atoms with van der Waals surface area (Å²) >= 11 is 0. The molecule has 2 atom stereocenters. The molecule has 0 saturated carbocycles. The van der Waals surface area contributed by atoms with E-state index in [0.29, 0.717) is 18.7 Å². The third-order valence-electron chi connectivity index (χ3n) is 5.39. The summed E-state index contributed by atoms with van der Waals surface area (Å²) in [5.74, 6) is 0.0742. The van der Waals surface area contributed by atoms with Gasteiger partial charge in [0.1, 0.15) is 0 Å². The first kappa shape index (κ1) is 19.0. The Kier molecular flexibility index (Phi) is 5.46. The lowest BCUT2D eigenvalue weighted by atomic mass is 9.97. The molecular formula is C22H25N5O2. The summed E-state index contributed by atoms with van der Waals surface area (Å²) < 4.78 is 1.80. The molecule has 7 nitrogen and oxygen atoms in total. The van der Waals surface area contributed by atoms with Crippen LogP contribution in [-0.2, 0) is 4.79 Å². The van der Waals surface area contributed by atoms with Crippen molar-refractivity contribution >= 4 is 28.4 Å². The molecule has 2 heterocycles. The molecule has 150 valence electrons. The van der Waals surface area contributed by atoms with Crippen LogP contribution < -0.4 is 16.0 Å². The van der Waals surface area contributed by atoms with Crippen LogP contribution in [0, 0.1) is 0 Å². The molecule has 1 aliphatic heterocycles. The van der Waals surface area contributed by atoms with Crippen molar-refractivity contribution in [3.8, 4) is 0 Å². The van der Waals surface area contributed by atoms with Gasteiger partial charge < -0.3 is 16.0 Å². The van der Waals surface area contributed by atoms with Gasteiger partial charge in [-0.25, -0.2) is 4.79 Å². The van der Waals surface area contributed by atoms with E-state index in [1.54, 1.807) is 17.1 Å². The monoisotopic (exact) mass is 391 g/mol. The van der Waals surface area contributed by atoms with Gasteiger partial charge in [-0.3, -0.25) is 9.48 Å². The molecule has 4 rings (SSSR count). The SMILES string of the molecule is CCC(NC(=O)Nc1cnn(C2CCC(=O)NC2)c1)c1cccc2ccccc12. The normalized spacial score (nSPS) is 17.6. The Hall–Kier alpha value is -3.35. The van der Waals surface area contributed by atoms with Gasteiger partial charge >= 0.3 is 6.03 Å². The predicted molar refractivity (Wildman–Crippen MR) is 113 cm³/mol. The molecule has 2 unspecified atom stereocenters. The van der Waals surface area contributed by atoms with E-state index in [-0.39, 0.29) is 24.0 Å². The second-order valence-corrected chi connectivity index (χ2v) is 7.33. The van der Waals surface area contributed by atoms with Gasteiger partial charge in [-0.2, -0.15) is 5.10 Å². The molecule has 0 bridgehead atoms. The summed E-state index contributed by atoms with van der Waals surface area (Å²) in [4.78, 5) is 23.9. The summed E-state index contributed by atoms with van der Waals surface area (Å²) in [6.07, 6.45) is 5.47. The fourth-order valence-corrected chi connectivity index (χ4v) is 3.83. The molecule has 3 N–H and O–H groups in total. The Labute approximate surface area is 169 Å². The number of aromatic nitrogens is 2.